The molecule has 3 rings (SSSR count). The minimum atomic E-state index is -0.986. The number of hydrogen-bond acceptors (Lipinski definition) is 4. The largest absolute Gasteiger partial charge is 0.481 e. The van der Waals surface area contributed by atoms with Crippen molar-refractivity contribution in [1.29, 1.82) is 0 Å². The van der Waals surface area contributed by atoms with Gasteiger partial charge in [0, 0.05) is 10.4 Å². The first-order chi connectivity index (χ1) is 15.0. The summed E-state index contributed by atoms with van der Waals surface area (Å²) in [6.07, 6.45) is 0.729. The molecule has 2 atom stereocenters. The summed E-state index contributed by atoms with van der Waals surface area (Å²) >= 11 is 1.29. The van der Waals surface area contributed by atoms with Crippen LogP contribution in [0.2, 0.25) is 0 Å². The van der Waals surface area contributed by atoms with E-state index in [1.807, 2.05) is 45.0 Å². The fourth-order valence-corrected chi connectivity index (χ4v) is 5.37. The molecule has 2 aromatic rings. The molecule has 0 radical (unpaired) electrons. The molecule has 0 saturated heterocycles. The summed E-state index contributed by atoms with van der Waals surface area (Å²) in [4.78, 5) is 38.2. The predicted molar refractivity (Wildman–Crippen MR) is 128 cm³/mol. The number of nitrogens with one attached hydrogen (secondary N) is 1. The number of primary amides is 1. The molecule has 32 heavy (non-hydrogen) atoms. The van der Waals surface area contributed by atoms with E-state index < -0.39 is 29.6 Å². The molecule has 1 aromatic carbocycles. The van der Waals surface area contributed by atoms with E-state index in [0.29, 0.717) is 29.3 Å². The number of carboxylic acids is 1. The molecule has 0 aliphatic heterocycles. The molecule has 1 aliphatic rings. The van der Waals surface area contributed by atoms with Gasteiger partial charge in [0.15, 0.2) is 0 Å². The fraction of sp³-hybridized carbons (Fsp3) is 0.400. The van der Waals surface area contributed by atoms with E-state index in [1.165, 1.54) is 16.9 Å². The first kappa shape index (κ1) is 23.7. The number of amides is 2. The van der Waals surface area contributed by atoms with Crippen LogP contribution < -0.4 is 11.1 Å². The van der Waals surface area contributed by atoms with Crippen molar-refractivity contribution in [2.24, 2.45) is 17.6 Å². The maximum atomic E-state index is 13.1. The van der Waals surface area contributed by atoms with Gasteiger partial charge in [-0.1, -0.05) is 49.3 Å². The number of anilines is 1. The second-order valence-corrected chi connectivity index (χ2v) is 10.1. The minimum Gasteiger partial charge on any atom is -0.481 e. The maximum Gasteiger partial charge on any atom is 0.307 e. The number of nitrogens with two attached hydrogens (primary N) is 1. The summed E-state index contributed by atoms with van der Waals surface area (Å²) in [5, 5.41) is 12.9. The second kappa shape index (κ2) is 9.28. The number of allylic oxidation sites excluding steroid dienone is 2. The Morgan fingerprint density at radius 3 is 2.09 bits per heavy atom. The molecule has 0 spiro atoms. The number of aryl methyl sites for hydroxylation is 1. The van der Waals surface area contributed by atoms with Gasteiger partial charge in [-0.25, -0.2) is 0 Å². The highest BCUT2D eigenvalue weighted by Gasteiger charge is 2.38. The average Bonchev–Trinajstić information content (AvgIpc) is 3.05. The summed E-state index contributed by atoms with van der Waals surface area (Å²) in [7, 11) is 0. The predicted octanol–water partition coefficient (Wildman–Crippen LogP) is 5.33. The summed E-state index contributed by atoms with van der Waals surface area (Å²) in [6.45, 7) is 9.94. The highest BCUT2D eigenvalue weighted by Crippen LogP contribution is 2.41. The van der Waals surface area contributed by atoms with Gasteiger partial charge in [-0.3, -0.25) is 14.4 Å². The van der Waals surface area contributed by atoms with Crippen LogP contribution in [0.3, 0.4) is 0 Å². The van der Waals surface area contributed by atoms with Crippen LogP contribution in [0.5, 0.6) is 0 Å². The van der Waals surface area contributed by atoms with Crippen molar-refractivity contribution in [1.82, 2.24) is 0 Å². The number of carbonyl (C=O) groups excluding carboxylic acids is 2. The van der Waals surface area contributed by atoms with E-state index in [2.05, 4.69) is 19.2 Å². The first-order valence-corrected chi connectivity index (χ1v) is 11.5. The smallest absolute Gasteiger partial charge is 0.307 e. The van der Waals surface area contributed by atoms with Crippen LogP contribution in [0.25, 0.3) is 11.1 Å². The normalized spacial score (nSPS) is 18.7. The van der Waals surface area contributed by atoms with Crippen molar-refractivity contribution in [3.8, 4) is 11.1 Å². The zero-order chi connectivity index (χ0) is 23.7. The van der Waals surface area contributed by atoms with Crippen molar-refractivity contribution in [2.45, 2.75) is 53.4 Å². The van der Waals surface area contributed by atoms with Gasteiger partial charge in [0.2, 0.25) is 5.91 Å². The van der Waals surface area contributed by atoms with Gasteiger partial charge in [0.25, 0.3) is 5.91 Å². The number of aliphatic carboxylic acids is 1. The molecule has 4 N–H and O–H groups in total. The summed E-state index contributed by atoms with van der Waals surface area (Å²) in [6, 6.07) is 7.97. The Morgan fingerprint density at radius 2 is 1.59 bits per heavy atom. The number of thiophene rings is 1. The van der Waals surface area contributed by atoms with Crippen LogP contribution in [-0.2, 0) is 9.59 Å². The molecule has 7 heteroatoms. The van der Waals surface area contributed by atoms with Gasteiger partial charge in [-0.05, 0) is 50.7 Å². The SMILES string of the molecule is CC1=C(C)CC(C(=O)Nc2sc(C)c(-c3ccc(C(C)C)cc3)c2C(N)=O)C(C(=O)O)C1. The standard InChI is InChI=1S/C25H30N2O4S/c1-12(2)16-6-8-17(9-7-16)20-15(5)32-24(21(20)22(26)28)27-23(29)18-10-13(3)14(4)11-19(18)25(30)31/h6-9,12,18-19H,10-11H2,1-5H3,(H2,26,28)(H,27,29)(H,30,31). The molecule has 6 nitrogen and oxygen atoms in total. The van der Waals surface area contributed by atoms with E-state index in [4.69, 9.17) is 5.73 Å². The van der Waals surface area contributed by atoms with Gasteiger partial charge in [0.05, 0.1) is 17.4 Å². The molecule has 0 saturated carbocycles. The van der Waals surface area contributed by atoms with Gasteiger partial charge < -0.3 is 16.2 Å². The van der Waals surface area contributed by atoms with E-state index >= 15 is 0 Å². The maximum absolute atomic E-state index is 13.1. The Bertz CT molecular complexity index is 1100. The topological polar surface area (TPSA) is 109 Å². The molecule has 2 unspecified atom stereocenters. The first-order valence-electron chi connectivity index (χ1n) is 10.7. The molecular formula is C25H30N2O4S. The number of rotatable bonds is 6. The Morgan fingerprint density at radius 1 is 1.03 bits per heavy atom. The number of hydrogen-bond donors (Lipinski definition) is 3. The molecule has 1 aliphatic carbocycles. The quantitative estimate of drug-likeness (QED) is 0.512. The molecule has 170 valence electrons. The molecule has 0 fully saturated rings. The lowest BCUT2D eigenvalue weighted by Crippen LogP contribution is -2.36. The van der Waals surface area contributed by atoms with Gasteiger partial charge >= 0.3 is 5.97 Å². The Kier molecular flexibility index (Phi) is 6.88. The molecule has 1 heterocycles. The van der Waals surface area contributed by atoms with Crippen LogP contribution in [0.4, 0.5) is 5.00 Å². The number of benzene rings is 1. The van der Waals surface area contributed by atoms with Crippen LogP contribution in [0.15, 0.2) is 35.4 Å². The zero-order valence-corrected chi connectivity index (χ0v) is 19.9. The second-order valence-electron chi connectivity index (χ2n) is 8.89. The van der Waals surface area contributed by atoms with Crippen molar-refractivity contribution in [3.63, 3.8) is 0 Å². The van der Waals surface area contributed by atoms with E-state index in [1.54, 1.807) is 0 Å². The van der Waals surface area contributed by atoms with Crippen molar-refractivity contribution >= 4 is 34.1 Å². The van der Waals surface area contributed by atoms with Crippen molar-refractivity contribution in [2.75, 3.05) is 5.32 Å². The van der Waals surface area contributed by atoms with Gasteiger partial charge in [-0.2, -0.15) is 0 Å². The van der Waals surface area contributed by atoms with Crippen LogP contribution >= 0.6 is 11.3 Å². The minimum absolute atomic E-state index is 0.268. The van der Waals surface area contributed by atoms with Gasteiger partial charge in [0.1, 0.15) is 5.00 Å². The van der Waals surface area contributed by atoms with Crippen LogP contribution in [0, 0.1) is 18.8 Å². The zero-order valence-electron chi connectivity index (χ0n) is 19.1. The molecular weight excluding hydrogens is 424 g/mol. The molecule has 2 amide bonds. The van der Waals surface area contributed by atoms with Gasteiger partial charge in [-0.15, -0.1) is 11.3 Å². The highest BCUT2D eigenvalue weighted by molar-refractivity contribution is 7.17. The summed E-state index contributed by atoms with van der Waals surface area (Å²) in [5.41, 5.74) is 10.8. The third-order valence-electron chi connectivity index (χ3n) is 6.35. The third-order valence-corrected chi connectivity index (χ3v) is 7.37. The third kappa shape index (κ3) is 4.63. The lowest BCUT2D eigenvalue weighted by atomic mass is 9.76. The average molecular weight is 455 g/mol. The molecule has 1 aromatic heterocycles. The van der Waals surface area contributed by atoms with Crippen LogP contribution in [0.1, 0.15) is 67.3 Å². The lowest BCUT2D eigenvalue weighted by molar-refractivity contribution is -0.146. The summed E-state index contributed by atoms with van der Waals surface area (Å²) in [5.74, 6) is -3.11. The fourth-order valence-electron chi connectivity index (χ4n) is 4.28. The van der Waals surface area contributed by atoms with Crippen molar-refractivity contribution in [3.05, 3.63) is 51.4 Å². The monoisotopic (exact) mass is 454 g/mol. The Balaban J connectivity index is 1.97. The number of carboxylic acid groups (broad SMARTS) is 1. The van der Waals surface area contributed by atoms with E-state index in [9.17, 15) is 19.5 Å². The lowest BCUT2D eigenvalue weighted by Gasteiger charge is -2.29. The van der Waals surface area contributed by atoms with E-state index in [-0.39, 0.29) is 5.56 Å². The van der Waals surface area contributed by atoms with Crippen LogP contribution in [-0.4, -0.2) is 22.9 Å². The molecule has 0 bridgehead atoms. The van der Waals surface area contributed by atoms with E-state index in [0.717, 1.165) is 21.6 Å². The highest BCUT2D eigenvalue weighted by atomic mass is 32.1. The summed E-state index contributed by atoms with van der Waals surface area (Å²) < 4.78 is 0. The Hall–Kier alpha value is -2.93. The van der Waals surface area contributed by atoms with Crippen molar-refractivity contribution < 1.29 is 19.5 Å². The Labute approximate surface area is 192 Å². The number of carbonyl (C=O) groups is 3.